The molecule has 0 atom stereocenters. The van der Waals surface area contributed by atoms with Gasteiger partial charge in [0.15, 0.2) is 23.0 Å². The summed E-state index contributed by atoms with van der Waals surface area (Å²) in [4.78, 5) is 24.5. The molecule has 0 unspecified atom stereocenters. The Kier molecular flexibility index (Phi) is 8.16. The van der Waals surface area contributed by atoms with Crippen LogP contribution in [0.2, 0.25) is 0 Å². The number of aryl methyl sites for hydroxylation is 1. The van der Waals surface area contributed by atoms with Crippen LogP contribution in [-0.4, -0.2) is 47.4 Å². The maximum atomic E-state index is 12.3. The zero-order valence-electron chi connectivity index (χ0n) is 17.7. The summed E-state index contributed by atoms with van der Waals surface area (Å²) in [6.45, 7) is 0. The number of carbonyl (C=O) groups excluding carboxylic acids is 2. The van der Waals surface area contributed by atoms with Crippen molar-refractivity contribution < 1.29 is 33.3 Å². The van der Waals surface area contributed by atoms with Gasteiger partial charge in [-0.05, 0) is 36.2 Å². The molecule has 0 aliphatic carbocycles. The lowest BCUT2D eigenvalue weighted by molar-refractivity contribution is -0.121. The van der Waals surface area contributed by atoms with Crippen molar-refractivity contribution in [2.24, 2.45) is 0 Å². The van der Waals surface area contributed by atoms with Crippen LogP contribution in [0.3, 0.4) is 0 Å². The molecule has 0 heterocycles. The zero-order chi connectivity index (χ0) is 22.1. The molecule has 0 saturated heterocycles. The minimum absolute atomic E-state index is 0.123. The van der Waals surface area contributed by atoms with Crippen LogP contribution in [0.1, 0.15) is 22.3 Å². The summed E-state index contributed by atoms with van der Waals surface area (Å²) < 4.78 is 26.3. The Labute approximate surface area is 175 Å². The van der Waals surface area contributed by atoms with Gasteiger partial charge in [0.1, 0.15) is 0 Å². The summed E-state index contributed by atoms with van der Waals surface area (Å²) in [5, 5.41) is 0. The molecule has 2 aromatic rings. The predicted molar refractivity (Wildman–Crippen MR) is 110 cm³/mol. The first kappa shape index (κ1) is 22.7. The molecule has 0 aromatic heterocycles. The molecule has 0 bridgehead atoms. The standard InChI is InChI=1S/C21H26N2O7/c1-26-15-9-7-14(12-17(15)28-3)21(25)23-22-18(24)11-8-13-6-10-16(27-2)20(30-5)19(13)29-4/h6-7,9-10,12H,8,11H2,1-5H3,(H,22,24)(H,23,25). The highest BCUT2D eigenvalue weighted by atomic mass is 16.5. The average molecular weight is 418 g/mol. The summed E-state index contributed by atoms with van der Waals surface area (Å²) in [7, 11) is 7.55. The predicted octanol–water partition coefficient (Wildman–Crippen LogP) is 2.12. The Morgan fingerprint density at radius 3 is 1.97 bits per heavy atom. The second kappa shape index (κ2) is 10.8. The van der Waals surface area contributed by atoms with E-state index in [1.54, 1.807) is 24.3 Å². The molecule has 0 radical (unpaired) electrons. The quantitative estimate of drug-likeness (QED) is 0.601. The van der Waals surface area contributed by atoms with Crippen LogP contribution in [0, 0.1) is 0 Å². The first-order valence-electron chi connectivity index (χ1n) is 9.08. The van der Waals surface area contributed by atoms with Crippen molar-refractivity contribution in [3.05, 3.63) is 41.5 Å². The summed E-state index contributed by atoms with van der Waals surface area (Å²) in [5.41, 5.74) is 5.87. The Balaban J connectivity index is 1.96. The van der Waals surface area contributed by atoms with E-state index in [0.717, 1.165) is 5.56 Å². The smallest absolute Gasteiger partial charge is 0.269 e. The van der Waals surface area contributed by atoms with Crippen molar-refractivity contribution in [3.63, 3.8) is 0 Å². The molecule has 2 N–H and O–H groups in total. The molecule has 0 aliphatic rings. The van der Waals surface area contributed by atoms with Gasteiger partial charge in [-0.1, -0.05) is 6.07 Å². The van der Waals surface area contributed by atoms with Crippen molar-refractivity contribution in [3.8, 4) is 28.7 Å². The van der Waals surface area contributed by atoms with E-state index in [9.17, 15) is 9.59 Å². The largest absolute Gasteiger partial charge is 0.493 e. The van der Waals surface area contributed by atoms with Gasteiger partial charge in [0.25, 0.3) is 5.91 Å². The molecule has 162 valence electrons. The van der Waals surface area contributed by atoms with Gasteiger partial charge in [0.2, 0.25) is 11.7 Å². The number of rotatable bonds is 9. The van der Waals surface area contributed by atoms with Crippen LogP contribution >= 0.6 is 0 Å². The van der Waals surface area contributed by atoms with Crippen molar-refractivity contribution in [1.29, 1.82) is 0 Å². The molecule has 2 rings (SSSR count). The van der Waals surface area contributed by atoms with E-state index >= 15 is 0 Å². The summed E-state index contributed by atoms with van der Waals surface area (Å²) in [6.07, 6.45) is 0.500. The summed E-state index contributed by atoms with van der Waals surface area (Å²) in [5.74, 6) is 1.57. The highest BCUT2D eigenvalue weighted by Crippen LogP contribution is 2.40. The minimum atomic E-state index is -0.479. The lowest BCUT2D eigenvalue weighted by Crippen LogP contribution is -2.41. The first-order valence-corrected chi connectivity index (χ1v) is 9.08. The van der Waals surface area contributed by atoms with E-state index in [-0.39, 0.29) is 12.3 Å². The van der Waals surface area contributed by atoms with Crippen LogP contribution in [0.4, 0.5) is 0 Å². The van der Waals surface area contributed by atoms with E-state index < -0.39 is 5.91 Å². The van der Waals surface area contributed by atoms with Gasteiger partial charge in [-0.3, -0.25) is 20.4 Å². The van der Waals surface area contributed by atoms with E-state index in [0.29, 0.717) is 40.7 Å². The fraction of sp³-hybridized carbons (Fsp3) is 0.333. The highest BCUT2D eigenvalue weighted by molar-refractivity contribution is 5.96. The third-order valence-corrected chi connectivity index (χ3v) is 4.37. The minimum Gasteiger partial charge on any atom is -0.493 e. The number of hydrogen-bond donors (Lipinski definition) is 2. The first-order chi connectivity index (χ1) is 14.5. The number of ether oxygens (including phenoxy) is 5. The number of hydrazine groups is 1. The number of benzene rings is 2. The molecule has 0 spiro atoms. The van der Waals surface area contributed by atoms with Crippen molar-refractivity contribution in [2.75, 3.05) is 35.5 Å². The maximum Gasteiger partial charge on any atom is 0.269 e. The zero-order valence-corrected chi connectivity index (χ0v) is 17.7. The van der Waals surface area contributed by atoms with Gasteiger partial charge in [0, 0.05) is 12.0 Å². The molecule has 2 aromatic carbocycles. The van der Waals surface area contributed by atoms with Gasteiger partial charge in [-0.15, -0.1) is 0 Å². The molecular weight excluding hydrogens is 392 g/mol. The van der Waals surface area contributed by atoms with E-state index in [1.807, 2.05) is 0 Å². The normalized spacial score (nSPS) is 10.0. The second-order valence-corrected chi connectivity index (χ2v) is 6.07. The third-order valence-electron chi connectivity index (χ3n) is 4.37. The lowest BCUT2D eigenvalue weighted by Gasteiger charge is -2.15. The average Bonchev–Trinajstić information content (AvgIpc) is 2.79. The van der Waals surface area contributed by atoms with Crippen LogP contribution in [-0.2, 0) is 11.2 Å². The Bertz CT molecular complexity index is 899. The van der Waals surface area contributed by atoms with Crippen LogP contribution < -0.4 is 34.5 Å². The van der Waals surface area contributed by atoms with Crippen LogP contribution in [0.25, 0.3) is 0 Å². The maximum absolute atomic E-state index is 12.3. The molecule has 0 fully saturated rings. The highest BCUT2D eigenvalue weighted by Gasteiger charge is 2.17. The van der Waals surface area contributed by atoms with Crippen molar-refractivity contribution >= 4 is 11.8 Å². The van der Waals surface area contributed by atoms with E-state index in [1.165, 1.54) is 41.6 Å². The molecule has 0 aliphatic heterocycles. The molecule has 30 heavy (non-hydrogen) atoms. The van der Waals surface area contributed by atoms with Crippen LogP contribution in [0.15, 0.2) is 30.3 Å². The Morgan fingerprint density at radius 1 is 0.733 bits per heavy atom. The fourth-order valence-electron chi connectivity index (χ4n) is 2.85. The van der Waals surface area contributed by atoms with Gasteiger partial charge in [0.05, 0.1) is 35.5 Å². The number of amides is 2. The van der Waals surface area contributed by atoms with Crippen molar-refractivity contribution in [2.45, 2.75) is 12.8 Å². The van der Waals surface area contributed by atoms with Gasteiger partial charge in [-0.2, -0.15) is 0 Å². The number of nitrogens with one attached hydrogen (secondary N) is 2. The Hall–Kier alpha value is -3.62. The van der Waals surface area contributed by atoms with Gasteiger partial charge >= 0.3 is 0 Å². The van der Waals surface area contributed by atoms with E-state index in [2.05, 4.69) is 10.9 Å². The molecule has 9 nitrogen and oxygen atoms in total. The van der Waals surface area contributed by atoms with Crippen molar-refractivity contribution in [1.82, 2.24) is 10.9 Å². The lowest BCUT2D eigenvalue weighted by atomic mass is 10.1. The monoisotopic (exact) mass is 418 g/mol. The summed E-state index contributed by atoms with van der Waals surface area (Å²) >= 11 is 0. The van der Waals surface area contributed by atoms with E-state index in [4.69, 9.17) is 23.7 Å². The molecule has 2 amide bonds. The van der Waals surface area contributed by atoms with Crippen LogP contribution in [0.5, 0.6) is 28.7 Å². The number of carbonyl (C=O) groups is 2. The van der Waals surface area contributed by atoms with Gasteiger partial charge < -0.3 is 23.7 Å². The second-order valence-electron chi connectivity index (χ2n) is 6.07. The SMILES string of the molecule is COc1ccc(C(=O)NNC(=O)CCc2ccc(OC)c(OC)c2OC)cc1OC. The molecule has 9 heteroatoms. The fourth-order valence-corrected chi connectivity index (χ4v) is 2.85. The molecular formula is C21H26N2O7. The topological polar surface area (TPSA) is 104 Å². The Morgan fingerprint density at radius 2 is 1.37 bits per heavy atom. The third kappa shape index (κ3) is 5.25. The van der Waals surface area contributed by atoms with Gasteiger partial charge in [-0.25, -0.2) is 0 Å². The number of hydrogen-bond acceptors (Lipinski definition) is 7. The summed E-state index contributed by atoms with van der Waals surface area (Å²) in [6, 6.07) is 8.24. The number of methoxy groups -OCH3 is 5. The molecule has 0 saturated carbocycles.